The molecule has 1 aliphatic rings. The van der Waals surface area contributed by atoms with E-state index in [1.54, 1.807) is 6.07 Å². The summed E-state index contributed by atoms with van der Waals surface area (Å²) in [6.45, 7) is 4.51. The molecule has 2 heterocycles. The maximum atomic E-state index is 12.3. The summed E-state index contributed by atoms with van der Waals surface area (Å²) in [6.07, 6.45) is 0.946. The first-order valence-corrected chi connectivity index (χ1v) is 7.18. The second-order valence-corrected chi connectivity index (χ2v) is 5.57. The molecule has 94 valence electrons. The summed E-state index contributed by atoms with van der Waals surface area (Å²) in [7, 11) is 0. The van der Waals surface area contributed by atoms with Crippen LogP contribution in [0.1, 0.15) is 23.9 Å². The van der Waals surface area contributed by atoms with Crippen molar-refractivity contribution >= 4 is 37.8 Å². The van der Waals surface area contributed by atoms with Crippen LogP contribution >= 0.6 is 31.9 Å². The van der Waals surface area contributed by atoms with E-state index in [1.165, 1.54) is 0 Å². The Bertz CT molecular complexity index is 400. The van der Waals surface area contributed by atoms with Gasteiger partial charge in [-0.05, 0) is 38.3 Å². The highest BCUT2D eigenvalue weighted by molar-refractivity contribution is 9.13. The molecule has 1 atom stereocenters. The van der Waals surface area contributed by atoms with Gasteiger partial charge in [0.05, 0.1) is 4.47 Å². The number of furan rings is 1. The van der Waals surface area contributed by atoms with Gasteiger partial charge in [-0.1, -0.05) is 6.92 Å². The molecule has 1 N–H and O–H groups in total. The summed E-state index contributed by atoms with van der Waals surface area (Å²) in [5.74, 6) is 0.342. The highest BCUT2D eigenvalue weighted by Gasteiger charge is 2.28. The molecule has 0 aliphatic carbocycles. The van der Waals surface area contributed by atoms with Crippen molar-refractivity contribution in [3.8, 4) is 0 Å². The number of carbonyl (C=O) groups is 1. The van der Waals surface area contributed by atoms with Crippen molar-refractivity contribution in [1.82, 2.24) is 10.2 Å². The Morgan fingerprint density at radius 2 is 2.41 bits per heavy atom. The zero-order valence-electron chi connectivity index (χ0n) is 9.50. The second-order valence-electron chi connectivity index (χ2n) is 4.00. The first-order valence-electron chi connectivity index (χ1n) is 5.60. The zero-order chi connectivity index (χ0) is 12.4. The number of carbonyl (C=O) groups excluding carboxylic acids is 1. The monoisotopic (exact) mass is 364 g/mol. The van der Waals surface area contributed by atoms with Crippen molar-refractivity contribution in [3.05, 3.63) is 21.0 Å². The molecule has 0 bridgehead atoms. The summed E-state index contributed by atoms with van der Waals surface area (Å²) < 4.78 is 6.71. The molecule has 1 amide bonds. The molecule has 0 aromatic carbocycles. The summed E-state index contributed by atoms with van der Waals surface area (Å²) >= 11 is 6.56. The number of hydrogen-bond donors (Lipinski definition) is 1. The average molecular weight is 366 g/mol. The molecule has 1 aliphatic heterocycles. The van der Waals surface area contributed by atoms with Crippen LogP contribution in [-0.4, -0.2) is 36.5 Å². The SMILES string of the molecule is CCC1CNCCN1C(=O)c1cc(Br)c(Br)o1. The molecule has 1 unspecified atom stereocenters. The van der Waals surface area contributed by atoms with E-state index in [1.807, 2.05) is 4.90 Å². The predicted molar refractivity (Wildman–Crippen MR) is 72.1 cm³/mol. The van der Waals surface area contributed by atoms with Crippen molar-refractivity contribution in [2.24, 2.45) is 0 Å². The van der Waals surface area contributed by atoms with Crippen molar-refractivity contribution in [3.63, 3.8) is 0 Å². The van der Waals surface area contributed by atoms with Crippen molar-refractivity contribution in [1.29, 1.82) is 0 Å². The number of amides is 1. The molecule has 1 aromatic heterocycles. The van der Waals surface area contributed by atoms with Gasteiger partial charge in [0, 0.05) is 31.7 Å². The standard InChI is InChI=1S/C11H14Br2N2O2/c1-2-7-6-14-3-4-15(7)11(16)9-5-8(12)10(13)17-9/h5,7,14H,2-4,6H2,1H3. The number of piperazine rings is 1. The lowest BCUT2D eigenvalue weighted by Crippen LogP contribution is -2.53. The fourth-order valence-corrected chi connectivity index (χ4v) is 2.56. The minimum atomic E-state index is -0.0373. The van der Waals surface area contributed by atoms with Gasteiger partial charge in [-0.15, -0.1) is 0 Å². The number of halogens is 2. The van der Waals surface area contributed by atoms with E-state index in [2.05, 4.69) is 44.1 Å². The van der Waals surface area contributed by atoms with E-state index in [0.717, 1.165) is 30.5 Å². The topological polar surface area (TPSA) is 45.5 Å². The molecule has 17 heavy (non-hydrogen) atoms. The molecule has 6 heteroatoms. The molecule has 1 saturated heterocycles. The first-order chi connectivity index (χ1) is 8.13. The zero-order valence-corrected chi connectivity index (χ0v) is 12.7. The van der Waals surface area contributed by atoms with Crippen LogP contribution in [0.15, 0.2) is 19.6 Å². The highest BCUT2D eigenvalue weighted by atomic mass is 79.9. The Morgan fingerprint density at radius 1 is 1.65 bits per heavy atom. The van der Waals surface area contributed by atoms with E-state index in [-0.39, 0.29) is 11.9 Å². The number of rotatable bonds is 2. The van der Waals surface area contributed by atoms with Crippen molar-refractivity contribution in [2.75, 3.05) is 19.6 Å². The second kappa shape index (κ2) is 5.54. The smallest absolute Gasteiger partial charge is 0.289 e. The molecule has 0 radical (unpaired) electrons. The summed E-state index contributed by atoms with van der Waals surface area (Å²) in [5, 5.41) is 3.30. The van der Waals surface area contributed by atoms with Gasteiger partial charge >= 0.3 is 0 Å². The van der Waals surface area contributed by atoms with Crippen molar-refractivity contribution < 1.29 is 9.21 Å². The van der Waals surface area contributed by atoms with Gasteiger partial charge in [0.1, 0.15) is 0 Å². The summed E-state index contributed by atoms with van der Waals surface area (Å²) in [5.41, 5.74) is 0. The van der Waals surface area contributed by atoms with Crippen LogP contribution in [0.4, 0.5) is 0 Å². The molecule has 0 saturated carbocycles. The number of nitrogens with zero attached hydrogens (tertiary/aromatic N) is 1. The van der Waals surface area contributed by atoms with Crippen LogP contribution < -0.4 is 5.32 Å². The fourth-order valence-electron chi connectivity index (χ4n) is 1.99. The van der Waals surface area contributed by atoms with Crippen molar-refractivity contribution in [2.45, 2.75) is 19.4 Å². The molecule has 2 rings (SSSR count). The highest BCUT2D eigenvalue weighted by Crippen LogP contribution is 2.28. The number of hydrogen-bond acceptors (Lipinski definition) is 3. The third-order valence-corrected chi connectivity index (χ3v) is 4.65. The maximum absolute atomic E-state index is 12.3. The van der Waals surface area contributed by atoms with Gasteiger partial charge in [0.2, 0.25) is 0 Å². The molecule has 1 fully saturated rings. The van der Waals surface area contributed by atoms with Gasteiger partial charge in [-0.25, -0.2) is 0 Å². The molecule has 1 aromatic rings. The van der Waals surface area contributed by atoms with E-state index in [4.69, 9.17) is 4.42 Å². The Hall–Kier alpha value is -0.330. The number of nitrogens with one attached hydrogen (secondary N) is 1. The largest absolute Gasteiger partial charge is 0.443 e. The van der Waals surface area contributed by atoms with Crippen LogP contribution in [0, 0.1) is 0 Å². The van der Waals surface area contributed by atoms with E-state index < -0.39 is 0 Å². The van der Waals surface area contributed by atoms with Gasteiger partial charge in [-0.2, -0.15) is 0 Å². The molecular weight excluding hydrogens is 352 g/mol. The Balaban J connectivity index is 2.18. The summed E-state index contributed by atoms with van der Waals surface area (Å²) in [4.78, 5) is 14.2. The lowest BCUT2D eigenvalue weighted by Gasteiger charge is -2.35. The maximum Gasteiger partial charge on any atom is 0.289 e. The molecular formula is C11H14Br2N2O2. The fraction of sp³-hybridized carbons (Fsp3) is 0.545. The summed E-state index contributed by atoms with van der Waals surface area (Å²) in [6, 6.07) is 1.96. The van der Waals surface area contributed by atoms with Gasteiger partial charge in [0.25, 0.3) is 5.91 Å². The quantitative estimate of drug-likeness (QED) is 0.876. The van der Waals surface area contributed by atoms with E-state index >= 15 is 0 Å². The third-order valence-electron chi connectivity index (χ3n) is 2.94. The Labute approximate surface area is 117 Å². The van der Waals surface area contributed by atoms with E-state index in [0.29, 0.717) is 10.4 Å². The third kappa shape index (κ3) is 2.74. The van der Waals surface area contributed by atoms with Crippen LogP contribution in [0.3, 0.4) is 0 Å². The lowest BCUT2D eigenvalue weighted by molar-refractivity contribution is 0.0597. The van der Waals surface area contributed by atoms with Crippen LogP contribution in [0.25, 0.3) is 0 Å². The Morgan fingerprint density at radius 3 is 3.00 bits per heavy atom. The normalized spacial score (nSPS) is 20.6. The molecule has 0 spiro atoms. The van der Waals surface area contributed by atoms with Gasteiger partial charge in [-0.3, -0.25) is 4.79 Å². The lowest BCUT2D eigenvalue weighted by atomic mass is 10.1. The molecule has 4 nitrogen and oxygen atoms in total. The minimum absolute atomic E-state index is 0.0373. The van der Waals surface area contributed by atoms with Crippen LogP contribution in [0.2, 0.25) is 0 Å². The van der Waals surface area contributed by atoms with Crippen LogP contribution in [-0.2, 0) is 0 Å². The predicted octanol–water partition coefficient (Wildman–Crippen LogP) is 2.63. The Kier molecular flexibility index (Phi) is 4.27. The van der Waals surface area contributed by atoms with Crippen LogP contribution in [0.5, 0.6) is 0 Å². The van der Waals surface area contributed by atoms with Gasteiger partial charge < -0.3 is 14.6 Å². The first kappa shape index (κ1) is 13.1. The average Bonchev–Trinajstić information content (AvgIpc) is 2.68. The minimum Gasteiger partial charge on any atom is -0.443 e. The van der Waals surface area contributed by atoms with Gasteiger partial charge in [0.15, 0.2) is 10.4 Å². The van der Waals surface area contributed by atoms with E-state index in [9.17, 15) is 4.79 Å².